The fourth-order valence-corrected chi connectivity index (χ4v) is 3.87. The normalized spacial score (nSPS) is 27.4. The van der Waals surface area contributed by atoms with Crippen LogP contribution in [0.3, 0.4) is 0 Å². The van der Waals surface area contributed by atoms with Crippen molar-refractivity contribution in [3.8, 4) is 11.5 Å². The number of hydrogen-bond donors (Lipinski definition) is 1. The Morgan fingerprint density at radius 3 is 3.00 bits per heavy atom. The number of carbonyl (C=O) groups excluding carboxylic acids is 1. The zero-order chi connectivity index (χ0) is 14.7. The summed E-state index contributed by atoms with van der Waals surface area (Å²) in [7, 11) is 1.70. The lowest BCUT2D eigenvalue weighted by Crippen LogP contribution is -2.50. The molecule has 2 aliphatic heterocycles. The first-order valence-corrected chi connectivity index (χ1v) is 8.17. The second kappa shape index (κ2) is 6.15. The number of para-hydroxylation sites is 2. The molecule has 1 aromatic rings. The fourth-order valence-electron chi connectivity index (χ4n) is 2.47. The second-order valence-corrected chi connectivity index (χ2v) is 6.38. The highest BCUT2D eigenvalue weighted by Crippen LogP contribution is 2.32. The zero-order valence-electron chi connectivity index (χ0n) is 12.0. The van der Waals surface area contributed by atoms with E-state index in [0.717, 1.165) is 17.9 Å². The average molecular weight is 309 g/mol. The maximum absolute atomic E-state index is 12.2. The third-order valence-electron chi connectivity index (χ3n) is 3.89. The van der Waals surface area contributed by atoms with Crippen LogP contribution in [0.15, 0.2) is 24.3 Å². The highest BCUT2D eigenvalue weighted by Gasteiger charge is 2.36. The molecule has 0 aliphatic carbocycles. The number of thioether (sulfide) groups is 1. The molecular weight excluding hydrogens is 290 g/mol. The van der Waals surface area contributed by atoms with Crippen LogP contribution >= 0.6 is 11.8 Å². The van der Waals surface area contributed by atoms with Crippen molar-refractivity contribution in [1.82, 2.24) is 5.32 Å². The van der Waals surface area contributed by atoms with Gasteiger partial charge in [-0.3, -0.25) is 4.79 Å². The maximum atomic E-state index is 12.2. The van der Waals surface area contributed by atoms with Gasteiger partial charge < -0.3 is 19.5 Å². The van der Waals surface area contributed by atoms with Gasteiger partial charge >= 0.3 is 0 Å². The van der Waals surface area contributed by atoms with Gasteiger partial charge in [0.25, 0.3) is 5.91 Å². The van der Waals surface area contributed by atoms with Crippen molar-refractivity contribution >= 4 is 17.7 Å². The van der Waals surface area contributed by atoms with Crippen LogP contribution in [0.1, 0.15) is 6.42 Å². The Kier molecular flexibility index (Phi) is 4.26. The Morgan fingerprint density at radius 1 is 1.48 bits per heavy atom. The minimum Gasteiger partial charge on any atom is -0.485 e. The van der Waals surface area contributed by atoms with Crippen molar-refractivity contribution in [2.45, 2.75) is 18.1 Å². The zero-order valence-corrected chi connectivity index (χ0v) is 12.8. The molecular formula is C15H19NO4S. The molecule has 1 amide bonds. The molecule has 6 heteroatoms. The molecule has 2 heterocycles. The van der Waals surface area contributed by atoms with E-state index in [2.05, 4.69) is 5.32 Å². The maximum Gasteiger partial charge on any atom is 0.264 e. The van der Waals surface area contributed by atoms with Crippen molar-refractivity contribution in [2.24, 2.45) is 0 Å². The van der Waals surface area contributed by atoms with Crippen LogP contribution in [0.25, 0.3) is 0 Å². The number of nitrogens with one attached hydrogen (secondary N) is 1. The molecule has 0 saturated carbocycles. The summed E-state index contributed by atoms with van der Waals surface area (Å²) in [6, 6.07) is 7.37. The number of amides is 1. The molecule has 114 valence electrons. The molecule has 0 radical (unpaired) electrons. The van der Waals surface area contributed by atoms with Gasteiger partial charge in [-0.15, -0.1) is 0 Å². The van der Waals surface area contributed by atoms with Crippen molar-refractivity contribution in [3.05, 3.63) is 24.3 Å². The van der Waals surface area contributed by atoms with E-state index in [4.69, 9.17) is 14.2 Å². The largest absolute Gasteiger partial charge is 0.485 e. The van der Waals surface area contributed by atoms with Gasteiger partial charge in [-0.2, -0.15) is 11.8 Å². The Bertz CT molecular complexity index is 516. The van der Waals surface area contributed by atoms with Crippen molar-refractivity contribution in [3.63, 3.8) is 0 Å². The average Bonchev–Trinajstić information content (AvgIpc) is 3.01. The third kappa shape index (κ3) is 3.11. The molecule has 1 fully saturated rings. The Labute approximate surface area is 128 Å². The fraction of sp³-hybridized carbons (Fsp3) is 0.533. The van der Waals surface area contributed by atoms with Gasteiger partial charge in [0.1, 0.15) is 6.61 Å². The number of fused-ring (bicyclic) bond motifs is 1. The third-order valence-corrected chi connectivity index (χ3v) is 5.11. The summed E-state index contributed by atoms with van der Waals surface area (Å²) in [6.45, 7) is 0.744. The molecule has 3 rings (SSSR count). The molecule has 1 aromatic carbocycles. The first kappa shape index (κ1) is 14.5. The highest BCUT2D eigenvalue weighted by atomic mass is 32.2. The van der Waals surface area contributed by atoms with Gasteiger partial charge in [0, 0.05) is 19.4 Å². The van der Waals surface area contributed by atoms with E-state index in [1.807, 2.05) is 30.0 Å². The monoisotopic (exact) mass is 309 g/mol. The Balaban J connectivity index is 1.57. The first-order chi connectivity index (χ1) is 10.2. The summed E-state index contributed by atoms with van der Waals surface area (Å²) >= 11 is 1.85. The molecule has 0 bridgehead atoms. The number of benzene rings is 1. The molecule has 0 unspecified atom stereocenters. The number of ether oxygens (including phenoxy) is 3. The number of methoxy groups -OCH3 is 1. The lowest BCUT2D eigenvalue weighted by molar-refractivity contribution is -0.131. The SMILES string of the molecule is CO[C@@]1(CNC(=O)[C@@H]2COc3ccccc3O2)CCSC1. The van der Waals surface area contributed by atoms with Crippen LogP contribution in [0.5, 0.6) is 11.5 Å². The van der Waals surface area contributed by atoms with Crippen LogP contribution in [0, 0.1) is 0 Å². The van der Waals surface area contributed by atoms with Crippen molar-refractivity contribution in [2.75, 3.05) is 31.8 Å². The molecule has 2 aliphatic rings. The van der Waals surface area contributed by atoms with E-state index in [1.54, 1.807) is 13.2 Å². The smallest absolute Gasteiger partial charge is 0.264 e. The second-order valence-electron chi connectivity index (χ2n) is 5.27. The van der Waals surface area contributed by atoms with Gasteiger partial charge in [-0.1, -0.05) is 12.1 Å². The number of hydrogen-bond acceptors (Lipinski definition) is 5. The standard InChI is InChI=1S/C15H19NO4S/c1-18-15(6-7-21-10-15)9-16-14(17)13-8-19-11-4-2-3-5-12(11)20-13/h2-5,13H,6-10H2,1H3,(H,16,17)/t13-,15+/m0/s1. The van der Waals surface area contributed by atoms with E-state index < -0.39 is 6.10 Å². The number of rotatable bonds is 4. The van der Waals surface area contributed by atoms with Gasteiger partial charge in [0.05, 0.1) is 5.60 Å². The minimum atomic E-state index is -0.608. The van der Waals surface area contributed by atoms with Crippen LogP contribution in [0.4, 0.5) is 0 Å². The van der Waals surface area contributed by atoms with E-state index in [1.165, 1.54) is 0 Å². The predicted octanol–water partition coefficient (Wildman–Crippen LogP) is 1.46. The van der Waals surface area contributed by atoms with Crippen LogP contribution in [-0.2, 0) is 9.53 Å². The highest BCUT2D eigenvalue weighted by molar-refractivity contribution is 7.99. The molecule has 21 heavy (non-hydrogen) atoms. The quantitative estimate of drug-likeness (QED) is 0.912. The lowest BCUT2D eigenvalue weighted by Gasteiger charge is -2.29. The first-order valence-electron chi connectivity index (χ1n) is 7.01. The van der Waals surface area contributed by atoms with Gasteiger partial charge in [-0.25, -0.2) is 0 Å². The predicted molar refractivity (Wildman–Crippen MR) is 81.0 cm³/mol. The Morgan fingerprint density at radius 2 is 2.29 bits per heavy atom. The molecule has 1 N–H and O–H groups in total. The summed E-state index contributed by atoms with van der Waals surface area (Å²) in [5.74, 6) is 3.12. The molecule has 1 saturated heterocycles. The van der Waals surface area contributed by atoms with E-state index >= 15 is 0 Å². The molecule has 5 nitrogen and oxygen atoms in total. The summed E-state index contributed by atoms with van der Waals surface area (Å²) in [5.41, 5.74) is -0.242. The van der Waals surface area contributed by atoms with Crippen molar-refractivity contribution in [1.29, 1.82) is 0 Å². The molecule has 2 atom stereocenters. The minimum absolute atomic E-state index is 0.155. The van der Waals surface area contributed by atoms with Gasteiger partial charge in [-0.05, 0) is 24.3 Å². The van der Waals surface area contributed by atoms with E-state index in [9.17, 15) is 4.79 Å². The molecule has 0 spiro atoms. The van der Waals surface area contributed by atoms with Gasteiger partial charge in [0.2, 0.25) is 6.10 Å². The summed E-state index contributed by atoms with van der Waals surface area (Å²) < 4.78 is 16.8. The Hall–Kier alpha value is -1.40. The van der Waals surface area contributed by atoms with Gasteiger partial charge in [0.15, 0.2) is 11.5 Å². The topological polar surface area (TPSA) is 56.8 Å². The van der Waals surface area contributed by atoms with E-state index in [0.29, 0.717) is 18.0 Å². The lowest BCUT2D eigenvalue weighted by atomic mass is 10.0. The summed E-state index contributed by atoms with van der Waals surface area (Å²) in [6.07, 6.45) is 0.349. The molecule has 0 aromatic heterocycles. The van der Waals surface area contributed by atoms with Crippen LogP contribution in [0.2, 0.25) is 0 Å². The van der Waals surface area contributed by atoms with Crippen LogP contribution in [-0.4, -0.2) is 49.4 Å². The van der Waals surface area contributed by atoms with E-state index in [-0.39, 0.29) is 18.1 Å². The summed E-state index contributed by atoms with van der Waals surface area (Å²) in [5, 5.41) is 2.93. The van der Waals surface area contributed by atoms with Crippen LogP contribution < -0.4 is 14.8 Å². The number of carbonyl (C=O) groups is 1. The summed E-state index contributed by atoms with van der Waals surface area (Å²) in [4.78, 5) is 12.2. The van der Waals surface area contributed by atoms with Crippen molar-refractivity contribution < 1.29 is 19.0 Å².